The lowest BCUT2D eigenvalue weighted by Crippen LogP contribution is -2.44. The summed E-state index contributed by atoms with van der Waals surface area (Å²) < 4.78 is 19.0. The van der Waals surface area contributed by atoms with E-state index in [0.717, 1.165) is 28.8 Å². The fourth-order valence-corrected chi connectivity index (χ4v) is 2.62. The molecule has 1 unspecified atom stereocenters. The first kappa shape index (κ1) is 13.3. The molecule has 0 amide bonds. The summed E-state index contributed by atoms with van der Waals surface area (Å²) in [5.41, 5.74) is 2.63. The van der Waals surface area contributed by atoms with E-state index in [0.29, 0.717) is 13.2 Å². The van der Waals surface area contributed by atoms with Crippen LogP contribution in [0.3, 0.4) is 0 Å². The van der Waals surface area contributed by atoms with E-state index in [-0.39, 0.29) is 18.5 Å². The lowest BCUT2D eigenvalue weighted by Gasteiger charge is -2.34. The van der Waals surface area contributed by atoms with Crippen molar-refractivity contribution in [3.05, 3.63) is 35.8 Å². The van der Waals surface area contributed by atoms with Crippen LogP contribution >= 0.6 is 0 Å². The van der Waals surface area contributed by atoms with Crippen LogP contribution in [0.4, 0.5) is 10.1 Å². The highest BCUT2D eigenvalue weighted by molar-refractivity contribution is 5.92. The van der Waals surface area contributed by atoms with Crippen LogP contribution in [0.2, 0.25) is 0 Å². The fraction of sp³-hybridized carbons (Fsp3) is 0.400. The number of benzene rings is 1. The second-order valence-corrected chi connectivity index (χ2v) is 5.07. The molecule has 2 aromatic rings. The van der Waals surface area contributed by atoms with E-state index >= 15 is 0 Å². The zero-order valence-electron chi connectivity index (χ0n) is 11.3. The molecule has 1 aliphatic heterocycles. The summed E-state index contributed by atoms with van der Waals surface area (Å²) in [6, 6.07) is 6.60. The van der Waals surface area contributed by atoms with Gasteiger partial charge in [-0.2, -0.15) is 0 Å². The van der Waals surface area contributed by atoms with Gasteiger partial charge in [-0.25, -0.2) is 4.39 Å². The highest BCUT2D eigenvalue weighted by atomic mass is 19.1. The molecule has 3 rings (SSSR count). The Morgan fingerprint density at radius 1 is 1.45 bits per heavy atom. The van der Waals surface area contributed by atoms with E-state index < -0.39 is 0 Å². The number of aliphatic hydroxyl groups excluding tert-OH is 1. The van der Waals surface area contributed by atoms with Gasteiger partial charge in [-0.1, -0.05) is 0 Å². The van der Waals surface area contributed by atoms with Gasteiger partial charge in [0, 0.05) is 29.9 Å². The van der Waals surface area contributed by atoms with Gasteiger partial charge < -0.3 is 14.7 Å². The first-order valence-electron chi connectivity index (χ1n) is 6.71. The molecule has 0 saturated carbocycles. The topological polar surface area (TPSA) is 45.6 Å². The Hall–Kier alpha value is -1.72. The quantitative estimate of drug-likeness (QED) is 0.909. The molecule has 1 aromatic heterocycles. The van der Waals surface area contributed by atoms with E-state index in [4.69, 9.17) is 4.74 Å². The van der Waals surface area contributed by atoms with Gasteiger partial charge >= 0.3 is 0 Å². The Labute approximate surface area is 116 Å². The number of fused-ring (bicyclic) bond motifs is 1. The number of rotatable bonds is 2. The molecule has 0 aliphatic carbocycles. The minimum Gasteiger partial charge on any atom is -0.394 e. The molecule has 1 fully saturated rings. The second-order valence-electron chi connectivity index (χ2n) is 5.07. The average molecular weight is 276 g/mol. The van der Waals surface area contributed by atoms with Crippen molar-refractivity contribution in [1.82, 2.24) is 4.98 Å². The minimum absolute atomic E-state index is 0.00708. The first-order chi connectivity index (χ1) is 9.67. The van der Waals surface area contributed by atoms with Crippen molar-refractivity contribution >= 4 is 16.6 Å². The normalized spacial score (nSPS) is 19.6. The first-order valence-corrected chi connectivity index (χ1v) is 6.71. The molecule has 1 aliphatic rings. The number of ether oxygens (including phenoxy) is 1. The van der Waals surface area contributed by atoms with E-state index in [1.54, 1.807) is 6.07 Å². The van der Waals surface area contributed by atoms with E-state index in [2.05, 4.69) is 9.88 Å². The summed E-state index contributed by atoms with van der Waals surface area (Å²) >= 11 is 0. The molecule has 5 heteroatoms. The van der Waals surface area contributed by atoms with Gasteiger partial charge in [0.05, 0.1) is 24.8 Å². The smallest absolute Gasteiger partial charge is 0.124 e. The number of nitrogens with zero attached hydrogens (tertiary/aromatic N) is 2. The second kappa shape index (κ2) is 5.34. The number of halogens is 1. The average Bonchev–Trinajstić information content (AvgIpc) is 2.47. The van der Waals surface area contributed by atoms with Crippen LogP contribution < -0.4 is 4.90 Å². The predicted molar refractivity (Wildman–Crippen MR) is 75.5 cm³/mol. The highest BCUT2D eigenvalue weighted by Gasteiger charge is 2.22. The van der Waals surface area contributed by atoms with Crippen LogP contribution in [0, 0.1) is 12.7 Å². The lowest BCUT2D eigenvalue weighted by molar-refractivity contribution is 0.00363. The molecule has 1 aromatic carbocycles. The number of pyridine rings is 1. The number of aliphatic hydroxyl groups is 1. The molecule has 4 nitrogen and oxygen atoms in total. The van der Waals surface area contributed by atoms with Crippen LogP contribution in [-0.2, 0) is 4.74 Å². The maximum Gasteiger partial charge on any atom is 0.124 e. The van der Waals surface area contributed by atoms with Gasteiger partial charge in [0.15, 0.2) is 0 Å². The number of hydrogen-bond donors (Lipinski definition) is 1. The molecular weight excluding hydrogens is 259 g/mol. The van der Waals surface area contributed by atoms with Crippen molar-refractivity contribution in [2.45, 2.75) is 13.0 Å². The summed E-state index contributed by atoms with van der Waals surface area (Å²) in [6.45, 7) is 3.81. The van der Waals surface area contributed by atoms with E-state index in [9.17, 15) is 9.50 Å². The highest BCUT2D eigenvalue weighted by Crippen LogP contribution is 2.28. The van der Waals surface area contributed by atoms with E-state index in [1.165, 1.54) is 12.1 Å². The monoisotopic (exact) mass is 276 g/mol. The largest absolute Gasteiger partial charge is 0.394 e. The van der Waals surface area contributed by atoms with Crippen LogP contribution in [0.5, 0.6) is 0 Å². The Bertz CT molecular complexity index is 633. The van der Waals surface area contributed by atoms with Gasteiger partial charge in [0.1, 0.15) is 5.82 Å². The molecule has 1 N–H and O–H groups in total. The summed E-state index contributed by atoms with van der Waals surface area (Å²) in [7, 11) is 0. The number of aryl methyl sites for hydroxylation is 1. The number of anilines is 1. The zero-order chi connectivity index (χ0) is 14.1. The maximum absolute atomic E-state index is 13.5. The van der Waals surface area contributed by atoms with Crippen molar-refractivity contribution in [1.29, 1.82) is 0 Å². The molecule has 0 radical (unpaired) electrons. The summed E-state index contributed by atoms with van der Waals surface area (Å²) in [4.78, 5) is 6.56. The van der Waals surface area contributed by atoms with Crippen molar-refractivity contribution in [3.8, 4) is 0 Å². The number of aromatic nitrogens is 1. The summed E-state index contributed by atoms with van der Waals surface area (Å²) in [5, 5.41) is 10.0. The number of morpholine rings is 1. The summed E-state index contributed by atoms with van der Waals surface area (Å²) in [6.07, 6.45) is -0.194. The summed E-state index contributed by atoms with van der Waals surface area (Å²) in [5.74, 6) is -0.267. The van der Waals surface area contributed by atoms with Crippen LogP contribution in [0.1, 0.15) is 5.69 Å². The van der Waals surface area contributed by atoms with Gasteiger partial charge in [-0.3, -0.25) is 4.98 Å². The molecule has 0 bridgehead atoms. The predicted octanol–water partition coefficient (Wildman–Crippen LogP) is 1.88. The third-order valence-corrected chi connectivity index (χ3v) is 3.56. The molecule has 20 heavy (non-hydrogen) atoms. The van der Waals surface area contributed by atoms with Crippen molar-refractivity contribution in [2.75, 3.05) is 31.2 Å². The van der Waals surface area contributed by atoms with Crippen LogP contribution in [0.15, 0.2) is 24.3 Å². The zero-order valence-corrected chi connectivity index (χ0v) is 11.3. The Kier molecular flexibility index (Phi) is 3.54. The standard InChI is InChI=1S/C15H17FN2O2/c1-10-6-15(18-4-5-20-12(8-18)9-19)13-7-11(16)2-3-14(13)17-10/h2-3,6-7,12,19H,4-5,8-9H2,1H3. The van der Waals surface area contributed by atoms with Crippen molar-refractivity contribution < 1.29 is 14.2 Å². The van der Waals surface area contributed by atoms with Crippen LogP contribution in [-0.4, -0.2) is 42.5 Å². The Balaban J connectivity index is 2.07. The molecule has 1 saturated heterocycles. The third-order valence-electron chi connectivity index (χ3n) is 3.56. The SMILES string of the molecule is Cc1cc(N2CCOC(CO)C2)c2cc(F)ccc2n1. The lowest BCUT2D eigenvalue weighted by atomic mass is 10.1. The van der Waals surface area contributed by atoms with Crippen molar-refractivity contribution in [3.63, 3.8) is 0 Å². The molecular formula is C15H17FN2O2. The Morgan fingerprint density at radius 3 is 3.10 bits per heavy atom. The third kappa shape index (κ3) is 2.46. The van der Waals surface area contributed by atoms with Gasteiger partial charge in [0.2, 0.25) is 0 Å². The molecule has 1 atom stereocenters. The van der Waals surface area contributed by atoms with E-state index in [1.807, 2.05) is 13.0 Å². The maximum atomic E-state index is 13.5. The van der Waals surface area contributed by atoms with Gasteiger partial charge in [-0.15, -0.1) is 0 Å². The molecule has 0 spiro atoms. The molecule has 2 heterocycles. The Morgan fingerprint density at radius 2 is 2.30 bits per heavy atom. The van der Waals surface area contributed by atoms with Gasteiger partial charge in [0.25, 0.3) is 0 Å². The van der Waals surface area contributed by atoms with Crippen LogP contribution in [0.25, 0.3) is 10.9 Å². The van der Waals surface area contributed by atoms with Gasteiger partial charge in [-0.05, 0) is 31.2 Å². The fourth-order valence-electron chi connectivity index (χ4n) is 2.62. The number of hydrogen-bond acceptors (Lipinski definition) is 4. The molecule has 106 valence electrons. The van der Waals surface area contributed by atoms with Crippen molar-refractivity contribution in [2.24, 2.45) is 0 Å². The minimum atomic E-state index is -0.267.